The van der Waals surface area contributed by atoms with E-state index in [1.54, 1.807) is 0 Å². The van der Waals surface area contributed by atoms with Crippen molar-refractivity contribution in [1.82, 2.24) is 14.8 Å². The van der Waals surface area contributed by atoms with E-state index < -0.39 is 0 Å². The van der Waals surface area contributed by atoms with E-state index in [2.05, 4.69) is 10.1 Å². The summed E-state index contributed by atoms with van der Waals surface area (Å²) < 4.78 is 7.92. The van der Waals surface area contributed by atoms with Crippen LogP contribution in [0.2, 0.25) is 0 Å². The van der Waals surface area contributed by atoms with Crippen molar-refractivity contribution in [3.63, 3.8) is 0 Å². The minimum Gasteiger partial charge on any atom is -0.494 e. The predicted octanol–water partition coefficient (Wildman–Crippen LogP) is 2.33. The summed E-state index contributed by atoms with van der Waals surface area (Å²) >= 11 is 1.45. The van der Waals surface area contributed by atoms with Crippen molar-refractivity contribution in [3.05, 3.63) is 30.0 Å². The first-order valence-corrected chi connectivity index (χ1v) is 6.82. The van der Waals surface area contributed by atoms with Crippen molar-refractivity contribution in [2.45, 2.75) is 6.92 Å². The Morgan fingerprint density at radius 1 is 1.50 bits per heavy atom. The molecule has 6 nitrogen and oxygen atoms in total. The Morgan fingerprint density at radius 2 is 2.35 bits per heavy atom. The molecular formula is C13H11N5OS. The maximum Gasteiger partial charge on any atom is 0.213 e. The van der Waals surface area contributed by atoms with Crippen molar-refractivity contribution < 1.29 is 4.74 Å². The van der Waals surface area contributed by atoms with Crippen LogP contribution in [0.15, 0.2) is 24.4 Å². The van der Waals surface area contributed by atoms with E-state index in [-0.39, 0.29) is 0 Å². The Morgan fingerprint density at radius 3 is 3.05 bits per heavy atom. The summed E-state index contributed by atoms with van der Waals surface area (Å²) in [5.41, 5.74) is 7.06. The normalized spacial score (nSPS) is 10.6. The summed E-state index contributed by atoms with van der Waals surface area (Å²) in [6.07, 6.45) is 1.44. The third-order valence-electron chi connectivity index (χ3n) is 2.77. The highest BCUT2D eigenvalue weighted by Gasteiger charge is 2.13. The highest BCUT2D eigenvalue weighted by molar-refractivity contribution is 7.20. The van der Waals surface area contributed by atoms with Gasteiger partial charge in [0.1, 0.15) is 23.2 Å². The molecule has 0 aliphatic carbocycles. The summed E-state index contributed by atoms with van der Waals surface area (Å²) in [7, 11) is 0. The first kappa shape index (κ1) is 12.4. The van der Waals surface area contributed by atoms with Crippen LogP contribution in [-0.2, 0) is 0 Å². The molecular weight excluding hydrogens is 274 g/mol. The Kier molecular flexibility index (Phi) is 3.00. The standard InChI is InChI=1S/C13H11N5OS/c1-2-19-9-3-4-10-11(5-9)20-13(17-10)18-12(15)8(6-14)7-16-18/h3-5,7H,2,15H2,1H3. The molecule has 0 fully saturated rings. The molecule has 0 unspecified atom stereocenters. The van der Waals surface area contributed by atoms with E-state index in [1.165, 1.54) is 22.2 Å². The van der Waals surface area contributed by atoms with Gasteiger partial charge in [0.25, 0.3) is 0 Å². The lowest BCUT2D eigenvalue weighted by molar-refractivity contribution is 0.341. The molecule has 2 aromatic heterocycles. The van der Waals surface area contributed by atoms with Gasteiger partial charge >= 0.3 is 0 Å². The van der Waals surface area contributed by atoms with E-state index >= 15 is 0 Å². The van der Waals surface area contributed by atoms with Gasteiger partial charge in [-0.2, -0.15) is 15.0 Å². The van der Waals surface area contributed by atoms with Crippen LogP contribution in [0, 0.1) is 11.3 Å². The summed E-state index contributed by atoms with van der Waals surface area (Å²) in [6.45, 7) is 2.56. The summed E-state index contributed by atoms with van der Waals surface area (Å²) in [6, 6.07) is 7.70. The minimum absolute atomic E-state index is 0.302. The molecule has 0 saturated heterocycles. The number of thiazole rings is 1. The van der Waals surface area contributed by atoms with Gasteiger partial charge in [-0.3, -0.25) is 0 Å². The second-order valence-corrected chi connectivity index (χ2v) is 5.04. The number of hydrogen-bond acceptors (Lipinski definition) is 6. The third kappa shape index (κ3) is 1.96. The number of nitriles is 1. The smallest absolute Gasteiger partial charge is 0.213 e. The van der Waals surface area contributed by atoms with Crippen molar-refractivity contribution in [1.29, 1.82) is 5.26 Å². The second kappa shape index (κ2) is 4.83. The molecule has 1 aromatic carbocycles. The van der Waals surface area contributed by atoms with Crippen LogP contribution in [0.5, 0.6) is 5.75 Å². The van der Waals surface area contributed by atoms with Crippen LogP contribution in [-0.4, -0.2) is 21.4 Å². The Balaban J connectivity index is 2.08. The fraction of sp³-hybridized carbons (Fsp3) is 0.154. The van der Waals surface area contributed by atoms with Gasteiger partial charge in [-0.05, 0) is 25.1 Å². The van der Waals surface area contributed by atoms with E-state index in [9.17, 15) is 0 Å². The lowest BCUT2D eigenvalue weighted by atomic mass is 10.3. The number of benzene rings is 1. The van der Waals surface area contributed by atoms with Crippen LogP contribution in [0.1, 0.15) is 12.5 Å². The van der Waals surface area contributed by atoms with Gasteiger partial charge in [0.05, 0.1) is 23.0 Å². The second-order valence-electron chi connectivity index (χ2n) is 4.03. The van der Waals surface area contributed by atoms with Crippen LogP contribution in [0.3, 0.4) is 0 Å². The van der Waals surface area contributed by atoms with Gasteiger partial charge in [-0.1, -0.05) is 11.3 Å². The molecule has 0 spiro atoms. The average molecular weight is 285 g/mol. The van der Waals surface area contributed by atoms with Crippen LogP contribution < -0.4 is 10.5 Å². The lowest BCUT2D eigenvalue weighted by Gasteiger charge is -2.00. The minimum atomic E-state index is 0.302. The highest BCUT2D eigenvalue weighted by atomic mass is 32.1. The number of nitrogens with zero attached hydrogens (tertiary/aromatic N) is 4. The van der Waals surface area contributed by atoms with Gasteiger partial charge in [-0.15, -0.1) is 0 Å². The number of anilines is 1. The number of ether oxygens (including phenoxy) is 1. The number of hydrogen-bond donors (Lipinski definition) is 1. The molecule has 0 aliphatic rings. The molecule has 100 valence electrons. The van der Waals surface area contributed by atoms with Crippen molar-refractivity contribution in [2.75, 3.05) is 12.3 Å². The number of aromatic nitrogens is 3. The van der Waals surface area contributed by atoms with Crippen LogP contribution in [0.25, 0.3) is 15.3 Å². The first-order valence-electron chi connectivity index (χ1n) is 6.00. The maximum atomic E-state index is 8.90. The van der Waals surface area contributed by atoms with Crippen molar-refractivity contribution in [3.8, 4) is 17.0 Å². The van der Waals surface area contributed by atoms with E-state index in [1.807, 2.05) is 31.2 Å². The molecule has 0 amide bonds. The van der Waals surface area contributed by atoms with Gasteiger partial charge in [0.2, 0.25) is 5.13 Å². The predicted molar refractivity (Wildman–Crippen MR) is 77.0 cm³/mol. The Bertz CT molecular complexity index is 814. The molecule has 0 saturated carbocycles. The fourth-order valence-electron chi connectivity index (χ4n) is 1.84. The number of rotatable bonds is 3. The molecule has 3 aromatic rings. The lowest BCUT2D eigenvalue weighted by Crippen LogP contribution is -2.01. The highest BCUT2D eigenvalue weighted by Crippen LogP contribution is 2.29. The topological polar surface area (TPSA) is 89.8 Å². The molecule has 7 heteroatoms. The third-order valence-corrected chi connectivity index (χ3v) is 3.76. The number of nitrogen functional groups attached to an aromatic ring is 1. The SMILES string of the molecule is CCOc1ccc2nc(-n3ncc(C#N)c3N)sc2c1. The molecule has 2 heterocycles. The van der Waals surface area contributed by atoms with Gasteiger partial charge in [0.15, 0.2) is 0 Å². The number of fused-ring (bicyclic) bond motifs is 1. The summed E-state index contributed by atoms with van der Waals surface area (Å²) in [5.74, 6) is 1.11. The van der Waals surface area contributed by atoms with Gasteiger partial charge < -0.3 is 10.5 Å². The zero-order valence-corrected chi connectivity index (χ0v) is 11.5. The van der Waals surface area contributed by atoms with E-state index in [4.69, 9.17) is 15.7 Å². The maximum absolute atomic E-state index is 8.90. The van der Waals surface area contributed by atoms with Crippen molar-refractivity contribution >= 4 is 27.4 Å². The quantitative estimate of drug-likeness (QED) is 0.797. The molecule has 0 bridgehead atoms. The zero-order chi connectivity index (χ0) is 14.1. The summed E-state index contributed by atoms with van der Waals surface area (Å²) in [4.78, 5) is 4.47. The fourth-order valence-corrected chi connectivity index (χ4v) is 2.80. The zero-order valence-electron chi connectivity index (χ0n) is 10.7. The Labute approximate surface area is 119 Å². The van der Waals surface area contributed by atoms with Crippen LogP contribution in [0.4, 0.5) is 5.82 Å². The van der Waals surface area contributed by atoms with Crippen molar-refractivity contribution in [2.24, 2.45) is 0 Å². The largest absolute Gasteiger partial charge is 0.494 e. The average Bonchev–Trinajstić information content (AvgIpc) is 3.01. The molecule has 20 heavy (non-hydrogen) atoms. The van der Waals surface area contributed by atoms with Crippen LogP contribution >= 0.6 is 11.3 Å². The van der Waals surface area contributed by atoms with Gasteiger partial charge in [-0.25, -0.2) is 4.98 Å². The van der Waals surface area contributed by atoms with E-state index in [0.29, 0.717) is 23.1 Å². The monoisotopic (exact) mass is 285 g/mol. The van der Waals surface area contributed by atoms with Gasteiger partial charge in [0, 0.05) is 0 Å². The molecule has 2 N–H and O–H groups in total. The molecule has 0 radical (unpaired) electrons. The molecule has 3 rings (SSSR count). The van der Waals surface area contributed by atoms with E-state index in [0.717, 1.165) is 16.0 Å². The number of nitrogens with two attached hydrogens (primary N) is 1. The molecule has 0 aliphatic heterocycles. The Hall–Kier alpha value is -2.59. The first-order chi connectivity index (χ1) is 9.72. The summed E-state index contributed by atoms with van der Waals surface area (Å²) in [5, 5.41) is 13.6. The molecule has 0 atom stereocenters.